The average molecular weight is 298 g/mol. The number of carbonyl (C=O) groups is 1. The van der Waals surface area contributed by atoms with Crippen LogP contribution in [0, 0.1) is 0 Å². The fourth-order valence-corrected chi connectivity index (χ4v) is 2.76. The molecule has 1 heterocycles. The van der Waals surface area contributed by atoms with E-state index in [2.05, 4.69) is 13.8 Å². The maximum Gasteiger partial charge on any atom is 0.389 e. The lowest BCUT2D eigenvalue weighted by Crippen LogP contribution is -2.37. The minimum absolute atomic E-state index is 0.311. The third kappa shape index (κ3) is 2.30. The summed E-state index contributed by atoms with van der Waals surface area (Å²) in [5.74, 6) is 0.680. The van der Waals surface area contributed by atoms with Gasteiger partial charge in [-0.3, -0.25) is 0 Å². The first-order chi connectivity index (χ1) is 10.5. The number of carbonyl (C=O) groups excluding carboxylic acids is 1. The zero-order valence-electron chi connectivity index (χ0n) is 12.8. The monoisotopic (exact) mass is 298 g/mol. The van der Waals surface area contributed by atoms with Crippen molar-refractivity contribution in [3.05, 3.63) is 59.7 Å². The van der Waals surface area contributed by atoms with Crippen molar-refractivity contribution in [2.45, 2.75) is 25.6 Å². The fraction of sp³-hybridized carbons (Fsp3) is 0.278. The van der Waals surface area contributed by atoms with E-state index in [9.17, 15) is 4.79 Å². The largest absolute Gasteiger partial charge is 0.463 e. The SMILES string of the molecule is COC(=O)C1Oc2ccccc2C(C)(C)c2ccccc2O1. The summed E-state index contributed by atoms with van der Waals surface area (Å²) in [6, 6.07) is 15.4. The molecule has 4 nitrogen and oxygen atoms in total. The maximum atomic E-state index is 11.9. The number of rotatable bonds is 1. The number of esters is 1. The number of methoxy groups -OCH3 is 1. The summed E-state index contributed by atoms with van der Waals surface area (Å²) in [6.07, 6.45) is -1.12. The molecule has 0 saturated carbocycles. The topological polar surface area (TPSA) is 44.8 Å². The standard InChI is InChI=1S/C18H18O4/c1-18(2)12-8-4-6-10-14(12)21-17(16(19)20-3)22-15-11-7-5-9-13(15)18/h4-11,17H,1-3H3. The first-order valence-electron chi connectivity index (χ1n) is 7.14. The quantitative estimate of drug-likeness (QED) is 0.758. The summed E-state index contributed by atoms with van der Waals surface area (Å²) < 4.78 is 16.3. The van der Waals surface area contributed by atoms with Gasteiger partial charge >= 0.3 is 12.3 Å². The van der Waals surface area contributed by atoms with E-state index < -0.39 is 12.3 Å². The highest BCUT2D eigenvalue weighted by molar-refractivity contribution is 5.74. The Morgan fingerprint density at radius 3 is 1.86 bits per heavy atom. The van der Waals surface area contributed by atoms with Crippen LogP contribution < -0.4 is 9.47 Å². The van der Waals surface area contributed by atoms with Gasteiger partial charge in [0, 0.05) is 16.5 Å². The van der Waals surface area contributed by atoms with E-state index >= 15 is 0 Å². The Morgan fingerprint density at radius 2 is 1.41 bits per heavy atom. The average Bonchev–Trinajstić information content (AvgIpc) is 2.53. The molecule has 0 N–H and O–H groups in total. The molecule has 0 spiro atoms. The van der Waals surface area contributed by atoms with Crippen molar-refractivity contribution in [2.75, 3.05) is 7.11 Å². The molecule has 1 aliphatic rings. The van der Waals surface area contributed by atoms with Crippen LogP contribution in [0.15, 0.2) is 48.5 Å². The lowest BCUT2D eigenvalue weighted by Gasteiger charge is -2.34. The normalized spacial score (nSPS) is 16.1. The Labute approximate surface area is 129 Å². The van der Waals surface area contributed by atoms with Crippen molar-refractivity contribution in [1.29, 1.82) is 0 Å². The fourth-order valence-electron chi connectivity index (χ4n) is 2.76. The van der Waals surface area contributed by atoms with Gasteiger partial charge in [0.1, 0.15) is 11.5 Å². The van der Waals surface area contributed by atoms with Crippen LogP contribution in [0.25, 0.3) is 0 Å². The summed E-state index contributed by atoms with van der Waals surface area (Å²) in [7, 11) is 1.32. The highest BCUT2D eigenvalue weighted by Gasteiger charge is 2.35. The number of para-hydroxylation sites is 2. The molecule has 0 atom stereocenters. The van der Waals surface area contributed by atoms with Gasteiger partial charge in [0.2, 0.25) is 0 Å². The van der Waals surface area contributed by atoms with Gasteiger partial charge in [-0.05, 0) is 12.1 Å². The van der Waals surface area contributed by atoms with Gasteiger partial charge in [-0.1, -0.05) is 50.2 Å². The third-order valence-electron chi connectivity index (χ3n) is 3.98. The lowest BCUT2D eigenvalue weighted by molar-refractivity contribution is -0.162. The second-order valence-electron chi connectivity index (χ2n) is 5.71. The summed E-state index contributed by atoms with van der Waals surface area (Å²) in [4.78, 5) is 11.9. The van der Waals surface area contributed by atoms with Crippen LogP contribution in [0.3, 0.4) is 0 Å². The van der Waals surface area contributed by atoms with E-state index in [4.69, 9.17) is 14.2 Å². The van der Waals surface area contributed by atoms with Crippen molar-refractivity contribution in [3.63, 3.8) is 0 Å². The van der Waals surface area contributed by atoms with Gasteiger partial charge in [-0.2, -0.15) is 0 Å². The molecular weight excluding hydrogens is 280 g/mol. The Morgan fingerprint density at radius 1 is 0.955 bits per heavy atom. The van der Waals surface area contributed by atoms with E-state index in [-0.39, 0.29) is 5.41 Å². The summed E-state index contributed by atoms with van der Waals surface area (Å²) in [5.41, 5.74) is 1.69. The Hall–Kier alpha value is -2.49. The molecule has 0 amide bonds. The summed E-state index contributed by atoms with van der Waals surface area (Å²) in [5, 5.41) is 0. The molecule has 0 bridgehead atoms. The zero-order chi connectivity index (χ0) is 15.7. The molecule has 0 aliphatic carbocycles. The van der Waals surface area contributed by atoms with Crippen molar-refractivity contribution < 1.29 is 19.0 Å². The van der Waals surface area contributed by atoms with Gasteiger partial charge in [0.05, 0.1) is 7.11 Å². The molecule has 1 aliphatic heterocycles. The number of hydrogen-bond donors (Lipinski definition) is 0. The molecule has 22 heavy (non-hydrogen) atoms. The second-order valence-corrected chi connectivity index (χ2v) is 5.71. The van der Waals surface area contributed by atoms with Crippen molar-refractivity contribution >= 4 is 5.97 Å². The Bertz CT molecular complexity index is 654. The zero-order valence-corrected chi connectivity index (χ0v) is 12.8. The number of benzene rings is 2. The Balaban J connectivity index is 2.20. The van der Waals surface area contributed by atoms with Gasteiger partial charge < -0.3 is 14.2 Å². The number of fused-ring (bicyclic) bond motifs is 2. The molecule has 0 saturated heterocycles. The van der Waals surface area contributed by atoms with Gasteiger partial charge in [0.25, 0.3) is 0 Å². The molecule has 114 valence electrons. The molecule has 0 fully saturated rings. The van der Waals surface area contributed by atoms with Crippen molar-refractivity contribution in [2.24, 2.45) is 0 Å². The molecule has 2 aromatic carbocycles. The molecule has 0 unspecified atom stereocenters. The van der Waals surface area contributed by atoms with Crippen LogP contribution >= 0.6 is 0 Å². The van der Waals surface area contributed by atoms with Gasteiger partial charge in [-0.25, -0.2) is 4.79 Å². The van der Waals surface area contributed by atoms with Crippen LogP contribution in [-0.2, 0) is 14.9 Å². The van der Waals surface area contributed by atoms with E-state index in [1.807, 2.05) is 48.5 Å². The minimum Gasteiger partial charge on any atom is -0.463 e. The second kappa shape index (κ2) is 5.37. The molecular formula is C18H18O4. The van der Waals surface area contributed by atoms with Crippen LogP contribution in [0.4, 0.5) is 0 Å². The minimum atomic E-state index is -1.12. The first kappa shape index (κ1) is 14.4. The summed E-state index contributed by atoms with van der Waals surface area (Å²) >= 11 is 0. The van der Waals surface area contributed by atoms with E-state index in [1.54, 1.807) is 0 Å². The smallest absolute Gasteiger partial charge is 0.389 e. The van der Waals surface area contributed by atoms with Crippen molar-refractivity contribution in [3.8, 4) is 11.5 Å². The Kier molecular flexibility index (Phi) is 3.53. The van der Waals surface area contributed by atoms with Crippen LogP contribution in [0.2, 0.25) is 0 Å². The molecule has 2 aromatic rings. The van der Waals surface area contributed by atoms with E-state index in [0.29, 0.717) is 11.5 Å². The highest BCUT2D eigenvalue weighted by Crippen LogP contribution is 2.43. The van der Waals surface area contributed by atoms with E-state index in [0.717, 1.165) is 11.1 Å². The third-order valence-corrected chi connectivity index (χ3v) is 3.98. The van der Waals surface area contributed by atoms with Crippen LogP contribution in [-0.4, -0.2) is 19.4 Å². The predicted octanol–water partition coefficient (Wildman–Crippen LogP) is 3.28. The molecule has 3 rings (SSSR count). The van der Waals surface area contributed by atoms with Crippen LogP contribution in [0.1, 0.15) is 25.0 Å². The summed E-state index contributed by atoms with van der Waals surface area (Å²) in [6.45, 7) is 4.21. The number of ether oxygens (including phenoxy) is 3. The van der Waals surface area contributed by atoms with Crippen molar-refractivity contribution in [1.82, 2.24) is 0 Å². The molecule has 4 heteroatoms. The molecule has 0 aromatic heterocycles. The van der Waals surface area contributed by atoms with Crippen LogP contribution in [0.5, 0.6) is 11.5 Å². The highest BCUT2D eigenvalue weighted by atomic mass is 16.7. The van der Waals surface area contributed by atoms with E-state index in [1.165, 1.54) is 7.11 Å². The predicted molar refractivity (Wildman–Crippen MR) is 82.1 cm³/mol. The van der Waals surface area contributed by atoms with Gasteiger partial charge in [0.15, 0.2) is 0 Å². The molecule has 0 radical (unpaired) electrons. The maximum absolute atomic E-state index is 11.9. The van der Waals surface area contributed by atoms with Gasteiger partial charge in [-0.15, -0.1) is 0 Å². The lowest BCUT2D eigenvalue weighted by atomic mass is 9.77. The number of hydrogen-bond acceptors (Lipinski definition) is 4. The first-order valence-corrected chi connectivity index (χ1v) is 7.14.